The molecule has 0 aromatic carbocycles. The molecule has 0 radical (unpaired) electrons. The molecule has 116 valence electrons. The van der Waals surface area contributed by atoms with Crippen molar-refractivity contribution in [3.05, 3.63) is 16.4 Å². The zero-order valence-electron chi connectivity index (χ0n) is 12.5. The van der Waals surface area contributed by atoms with Crippen LogP contribution in [0.5, 0.6) is 0 Å². The van der Waals surface area contributed by atoms with Gasteiger partial charge in [-0.05, 0) is 33.1 Å². The lowest BCUT2D eigenvalue weighted by molar-refractivity contribution is -0.130. The lowest BCUT2D eigenvalue weighted by Crippen LogP contribution is -2.42. The molecule has 6 nitrogen and oxygen atoms in total. The second-order valence-electron chi connectivity index (χ2n) is 5.19. The number of piperidine rings is 1. The first-order chi connectivity index (χ1) is 10.0. The highest BCUT2D eigenvalue weighted by Gasteiger charge is 2.22. The van der Waals surface area contributed by atoms with Gasteiger partial charge in [0.2, 0.25) is 5.91 Å². The van der Waals surface area contributed by atoms with Crippen LogP contribution in [0.3, 0.4) is 0 Å². The molecule has 7 heteroatoms. The van der Waals surface area contributed by atoms with Gasteiger partial charge in [-0.3, -0.25) is 14.3 Å². The summed E-state index contributed by atoms with van der Waals surface area (Å²) in [5, 5.41) is 7.19. The van der Waals surface area contributed by atoms with E-state index in [2.05, 4.69) is 10.4 Å². The Morgan fingerprint density at radius 1 is 1.29 bits per heavy atom. The van der Waals surface area contributed by atoms with Crippen LogP contribution in [0.2, 0.25) is 5.02 Å². The van der Waals surface area contributed by atoms with E-state index in [1.165, 1.54) is 6.42 Å². The second-order valence-corrected chi connectivity index (χ2v) is 5.57. The summed E-state index contributed by atoms with van der Waals surface area (Å²) in [7, 11) is 0. The summed E-state index contributed by atoms with van der Waals surface area (Å²) < 4.78 is 1.55. The number of carbonyl (C=O) groups is 2. The molecule has 1 aromatic heterocycles. The lowest BCUT2D eigenvalue weighted by atomic mass is 10.1. The summed E-state index contributed by atoms with van der Waals surface area (Å²) in [6.07, 6.45) is 3.24. The number of carbonyl (C=O) groups excluding carboxylic acids is 2. The maximum atomic E-state index is 12.2. The van der Waals surface area contributed by atoms with Gasteiger partial charge < -0.3 is 10.2 Å². The first-order valence-electron chi connectivity index (χ1n) is 7.33. The van der Waals surface area contributed by atoms with Crippen molar-refractivity contribution in [2.45, 2.75) is 39.7 Å². The molecule has 0 aliphatic carbocycles. The molecule has 1 aliphatic rings. The highest BCUT2D eigenvalue weighted by molar-refractivity contribution is 6.34. The third-order valence-electron chi connectivity index (χ3n) is 3.68. The summed E-state index contributed by atoms with van der Waals surface area (Å²) in [5.74, 6) is -0.397. The molecule has 0 bridgehead atoms. The van der Waals surface area contributed by atoms with Crippen LogP contribution in [-0.2, 0) is 11.3 Å². The average Bonchev–Trinajstić information content (AvgIpc) is 2.80. The summed E-state index contributed by atoms with van der Waals surface area (Å²) in [6, 6.07) is 0. The van der Waals surface area contributed by atoms with Gasteiger partial charge in [0, 0.05) is 19.6 Å². The molecule has 1 aliphatic heterocycles. The van der Waals surface area contributed by atoms with Crippen molar-refractivity contribution >= 4 is 23.4 Å². The second kappa shape index (κ2) is 6.93. The third-order valence-corrected chi connectivity index (χ3v) is 4.13. The van der Waals surface area contributed by atoms with Gasteiger partial charge in [0.05, 0.1) is 17.3 Å². The van der Waals surface area contributed by atoms with Crippen molar-refractivity contribution in [2.24, 2.45) is 0 Å². The zero-order chi connectivity index (χ0) is 15.4. The fraction of sp³-hybridized carbons (Fsp3) is 0.643. The summed E-state index contributed by atoms with van der Waals surface area (Å²) in [5.41, 5.74) is 0.939. The number of nitrogens with zero attached hydrogens (tertiary/aromatic N) is 3. The molecule has 2 rings (SSSR count). The predicted octanol–water partition coefficient (Wildman–Crippen LogP) is 1.61. The van der Waals surface area contributed by atoms with E-state index in [1.54, 1.807) is 16.5 Å². The Labute approximate surface area is 129 Å². The lowest BCUT2D eigenvalue weighted by Gasteiger charge is -2.26. The van der Waals surface area contributed by atoms with Gasteiger partial charge in [-0.25, -0.2) is 0 Å². The molecule has 1 saturated heterocycles. The van der Waals surface area contributed by atoms with Gasteiger partial charge >= 0.3 is 0 Å². The van der Waals surface area contributed by atoms with E-state index < -0.39 is 0 Å². The number of hydrogen-bond donors (Lipinski definition) is 1. The summed E-state index contributed by atoms with van der Waals surface area (Å²) in [4.78, 5) is 26.1. The van der Waals surface area contributed by atoms with Gasteiger partial charge in [0.1, 0.15) is 5.69 Å². The number of aryl methyl sites for hydroxylation is 2. The molecule has 0 saturated carbocycles. The van der Waals surface area contributed by atoms with Gasteiger partial charge in [0.25, 0.3) is 5.91 Å². The molecule has 1 fully saturated rings. The molecule has 21 heavy (non-hydrogen) atoms. The fourth-order valence-electron chi connectivity index (χ4n) is 2.50. The van der Waals surface area contributed by atoms with Gasteiger partial charge in [-0.15, -0.1) is 0 Å². The first kappa shape index (κ1) is 15.8. The average molecular weight is 313 g/mol. The Morgan fingerprint density at radius 3 is 2.57 bits per heavy atom. The fourth-order valence-corrected chi connectivity index (χ4v) is 2.72. The van der Waals surface area contributed by atoms with Gasteiger partial charge in [-0.2, -0.15) is 5.10 Å². The molecule has 2 heterocycles. The number of halogens is 1. The van der Waals surface area contributed by atoms with Crippen LogP contribution in [0.25, 0.3) is 0 Å². The Kier molecular flexibility index (Phi) is 5.22. The highest BCUT2D eigenvalue weighted by atomic mass is 35.5. The first-order valence-corrected chi connectivity index (χ1v) is 7.71. The maximum absolute atomic E-state index is 12.2. The monoisotopic (exact) mass is 312 g/mol. The Bertz CT molecular complexity index is 535. The van der Waals surface area contributed by atoms with E-state index in [-0.39, 0.29) is 18.4 Å². The normalized spacial score (nSPS) is 15.1. The minimum atomic E-state index is -0.354. The molecular formula is C14H21ClN4O2. The number of hydrogen-bond acceptors (Lipinski definition) is 3. The molecule has 1 N–H and O–H groups in total. The van der Waals surface area contributed by atoms with Crippen LogP contribution in [0.15, 0.2) is 0 Å². The van der Waals surface area contributed by atoms with Crippen LogP contribution >= 0.6 is 11.6 Å². The Hall–Kier alpha value is -1.56. The topological polar surface area (TPSA) is 67.2 Å². The largest absolute Gasteiger partial charge is 0.342 e. The molecule has 0 spiro atoms. The summed E-state index contributed by atoms with van der Waals surface area (Å²) in [6.45, 7) is 5.75. The maximum Gasteiger partial charge on any atom is 0.271 e. The molecule has 0 unspecified atom stereocenters. The van der Waals surface area contributed by atoms with E-state index in [4.69, 9.17) is 11.6 Å². The van der Waals surface area contributed by atoms with Crippen molar-refractivity contribution in [2.75, 3.05) is 19.6 Å². The van der Waals surface area contributed by atoms with E-state index in [1.807, 2.05) is 6.92 Å². The van der Waals surface area contributed by atoms with Crippen LogP contribution in [0.1, 0.15) is 42.4 Å². The van der Waals surface area contributed by atoms with Crippen molar-refractivity contribution < 1.29 is 9.59 Å². The van der Waals surface area contributed by atoms with Crippen molar-refractivity contribution in [1.82, 2.24) is 20.0 Å². The molecule has 1 aromatic rings. The van der Waals surface area contributed by atoms with E-state index in [9.17, 15) is 9.59 Å². The molecule has 0 atom stereocenters. The number of likely N-dealkylation sites (tertiary alicyclic amines) is 1. The minimum absolute atomic E-state index is 0.00308. The molecule has 2 amide bonds. The molecular weight excluding hydrogens is 292 g/mol. The van der Waals surface area contributed by atoms with Gasteiger partial charge in [0.15, 0.2) is 0 Å². The van der Waals surface area contributed by atoms with Gasteiger partial charge in [-0.1, -0.05) is 11.6 Å². The van der Waals surface area contributed by atoms with E-state index >= 15 is 0 Å². The Balaban J connectivity index is 1.97. The highest BCUT2D eigenvalue weighted by Crippen LogP contribution is 2.20. The SMILES string of the molecule is CCn1nc(C)c(Cl)c1C(=O)NCC(=O)N1CCCCC1. The number of aromatic nitrogens is 2. The quantitative estimate of drug-likeness (QED) is 0.918. The Morgan fingerprint density at radius 2 is 1.95 bits per heavy atom. The van der Waals surface area contributed by atoms with Crippen LogP contribution < -0.4 is 5.32 Å². The minimum Gasteiger partial charge on any atom is -0.342 e. The smallest absolute Gasteiger partial charge is 0.271 e. The summed E-state index contributed by atoms with van der Waals surface area (Å²) >= 11 is 6.11. The van der Waals surface area contributed by atoms with E-state index in [0.29, 0.717) is 23.0 Å². The van der Waals surface area contributed by atoms with Crippen molar-refractivity contribution in [1.29, 1.82) is 0 Å². The van der Waals surface area contributed by atoms with Crippen LogP contribution in [0.4, 0.5) is 0 Å². The van der Waals surface area contributed by atoms with Crippen molar-refractivity contribution in [3.8, 4) is 0 Å². The number of amides is 2. The van der Waals surface area contributed by atoms with Crippen LogP contribution in [-0.4, -0.2) is 46.1 Å². The zero-order valence-corrected chi connectivity index (χ0v) is 13.2. The van der Waals surface area contributed by atoms with E-state index in [0.717, 1.165) is 25.9 Å². The number of rotatable bonds is 4. The predicted molar refractivity (Wildman–Crippen MR) is 80.4 cm³/mol. The van der Waals surface area contributed by atoms with Crippen LogP contribution in [0, 0.1) is 6.92 Å². The number of nitrogens with one attached hydrogen (secondary N) is 1. The van der Waals surface area contributed by atoms with Crippen molar-refractivity contribution in [3.63, 3.8) is 0 Å². The standard InChI is InChI=1S/C14H21ClN4O2/c1-3-19-13(12(15)10(2)17-19)14(21)16-9-11(20)18-7-5-4-6-8-18/h3-9H2,1-2H3,(H,16,21). The third kappa shape index (κ3) is 3.56.